The molecule has 0 fully saturated rings. The fourth-order valence-corrected chi connectivity index (χ4v) is 1.88. The lowest BCUT2D eigenvalue weighted by Crippen LogP contribution is -2.07. The van der Waals surface area contributed by atoms with Gasteiger partial charge < -0.3 is 0 Å². The van der Waals surface area contributed by atoms with Gasteiger partial charge in [-0.05, 0) is 23.1 Å². The average molecular weight is 272 g/mol. The second-order valence-corrected chi connectivity index (χ2v) is 4.55. The molecule has 6 heteroatoms. The van der Waals surface area contributed by atoms with E-state index in [2.05, 4.69) is 5.10 Å². The fraction of sp³-hybridized carbons (Fsp3) is 0.308. The number of H-pyrrole nitrogens is 1. The molecule has 2 rings (SSSR count). The number of rotatable bonds is 2. The minimum absolute atomic E-state index is 0.0273. The molecule has 102 valence electrons. The van der Waals surface area contributed by atoms with Gasteiger partial charge in [-0.25, -0.2) is 4.39 Å². The van der Waals surface area contributed by atoms with E-state index in [4.69, 9.17) is 0 Å². The van der Waals surface area contributed by atoms with Gasteiger partial charge in [-0.15, -0.1) is 0 Å². The number of alkyl halides is 3. The third-order valence-corrected chi connectivity index (χ3v) is 2.86. The molecule has 0 aliphatic heterocycles. The highest BCUT2D eigenvalue weighted by molar-refractivity contribution is 5.66. The molecule has 19 heavy (non-hydrogen) atoms. The van der Waals surface area contributed by atoms with Crippen LogP contribution < -0.4 is 0 Å². The maximum Gasteiger partial charge on any atom is 0.433 e. The number of benzene rings is 1. The number of aromatic amines is 1. The fourth-order valence-electron chi connectivity index (χ4n) is 1.88. The van der Waals surface area contributed by atoms with Crippen LogP contribution in [0.1, 0.15) is 31.0 Å². The van der Waals surface area contributed by atoms with Gasteiger partial charge in [0.2, 0.25) is 0 Å². The first-order chi connectivity index (χ1) is 8.80. The third kappa shape index (κ3) is 2.62. The molecular weight excluding hydrogens is 260 g/mol. The van der Waals surface area contributed by atoms with Crippen LogP contribution >= 0.6 is 0 Å². The SMILES string of the molecule is CC(C)c1ccc(-c2cn[nH]c2C(F)(F)F)cc1F. The van der Waals surface area contributed by atoms with Gasteiger partial charge in [0.15, 0.2) is 0 Å². The highest BCUT2D eigenvalue weighted by Crippen LogP contribution is 2.36. The summed E-state index contributed by atoms with van der Waals surface area (Å²) in [5.41, 5.74) is -0.491. The number of hydrogen-bond acceptors (Lipinski definition) is 1. The second kappa shape index (κ2) is 4.68. The Balaban J connectivity index is 2.49. The Morgan fingerprint density at radius 3 is 2.42 bits per heavy atom. The molecule has 2 aromatic rings. The number of nitrogens with zero attached hydrogens (tertiary/aromatic N) is 1. The summed E-state index contributed by atoms with van der Waals surface area (Å²) >= 11 is 0. The third-order valence-electron chi connectivity index (χ3n) is 2.86. The summed E-state index contributed by atoms with van der Waals surface area (Å²) in [6, 6.07) is 4.08. The number of aromatic nitrogens is 2. The largest absolute Gasteiger partial charge is 0.433 e. The van der Waals surface area contributed by atoms with Gasteiger partial charge in [0, 0.05) is 5.56 Å². The van der Waals surface area contributed by atoms with Crippen molar-refractivity contribution in [2.45, 2.75) is 25.9 Å². The van der Waals surface area contributed by atoms with Crippen molar-refractivity contribution in [1.82, 2.24) is 10.2 Å². The van der Waals surface area contributed by atoms with Crippen LogP contribution in [0, 0.1) is 5.82 Å². The molecular formula is C13H12F4N2. The average Bonchev–Trinajstić information content (AvgIpc) is 2.76. The van der Waals surface area contributed by atoms with Crippen LogP contribution in [-0.4, -0.2) is 10.2 Å². The van der Waals surface area contributed by atoms with Crippen molar-refractivity contribution in [1.29, 1.82) is 0 Å². The Kier molecular flexibility index (Phi) is 3.34. The number of hydrogen-bond donors (Lipinski definition) is 1. The van der Waals surface area contributed by atoms with Crippen LogP contribution in [0.2, 0.25) is 0 Å². The van der Waals surface area contributed by atoms with Crippen molar-refractivity contribution in [3.05, 3.63) is 41.5 Å². The standard InChI is InChI=1S/C13H12F4N2/c1-7(2)9-4-3-8(5-11(9)14)10-6-18-19-12(10)13(15,16)17/h3-7H,1-2H3,(H,18,19). The van der Waals surface area contributed by atoms with Crippen molar-refractivity contribution in [2.24, 2.45) is 0 Å². The van der Waals surface area contributed by atoms with Crippen molar-refractivity contribution in [2.75, 3.05) is 0 Å². The van der Waals surface area contributed by atoms with Crippen LogP contribution in [0.4, 0.5) is 17.6 Å². The molecule has 0 saturated carbocycles. The molecule has 1 aromatic heterocycles. The Morgan fingerprint density at radius 1 is 1.21 bits per heavy atom. The van der Waals surface area contributed by atoms with Crippen LogP contribution in [-0.2, 0) is 6.18 Å². The molecule has 2 nitrogen and oxygen atoms in total. The summed E-state index contributed by atoms with van der Waals surface area (Å²) in [4.78, 5) is 0. The zero-order chi connectivity index (χ0) is 14.2. The van der Waals surface area contributed by atoms with Crippen LogP contribution in [0.5, 0.6) is 0 Å². The smallest absolute Gasteiger partial charge is 0.273 e. The van der Waals surface area contributed by atoms with E-state index in [1.54, 1.807) is 0 Å². The summed E-state index contributed by atoms with van der Waals surface area (Å²) in [6.45, 7) is 3.63. The lowest BCUT2D eigenvalue weighted by Gasteiger charge is -2.10. The minimum atomic E-state index is -4.54. The maximum absolute atomic E-state index is 13.8. The first kappa shape index (κ1) is 13.6. The zero-order valence-electron chi connectivity index (χ0n) is 10.3. The van der Waals surface area contributed by atoms with Crippen molar-refractivity contribution >= 4 is 0 Å². The quantitative estimate of drug-likeness (QED) is 0.808. The molecule has 1 heterocycles. The summed E-state index contributed by atoms with van der Waals surface area (Å²) in [6.07, 6.45) is -3.49. The zero-order valence-corrected chi connectivity index (χ0v) is 10.3. The van der Waals surface area contributed by atoms with E-state index in [-0.39, 0.29) is 17.0 Å². The van der Waals surface area contributed by atoms with Gasteiger partial charge in [0.05, 0.1) is 6.20 Å². The monoisotopic (exact) mass is 272 g/mol. The number of nitrogens with one attached hydrogen (secondary N) is 1. The van der Waals surface area contributed by atoms with Crippen LogP contribution in [0.25, 0.3) is 11.1 Å². The van der Waals surface area contributed by atoms with E-state index in [0.717, 1.165) is 12.3 Å². The topological polar surface area (TPSA) is 28.7 Å². The minimum Gasteiger partial charge on any atom is -0.273 e. The first-order valence-electron chi connectivity index (χ1n) is 5.71. The van der Waals surface area contributed by atoms with Gasteiger partial charge >= 0.3 is 6.18 Å². The molecule has 1 aromatic carbocycles. The predicted octanol–water partition coefficient (Wildman–Crippen LogP) is 4.36. The first-order valence-corrected chi connectivity index (χ1v) is 5.71. The Labute approximate surface area is 107 Å². The van der Waals surface area contributed by atoms with E-state index in [0.29, 0.717) is 5.56 Å². The Hall–Kier alpha value is -1.85. The lowest BCUT2D eigenvalue weighted by atomic mass is 9.98. The molecule has 0 atom stereocenters. The van der Waals surface area contributed by atoms with Gasteiger partial charge in [-0.3, -0.25) is 5.10 Å². The Morgan fingerprint density at radius 2 is 1.89 bits per heavy atom. The van der Waals surface area contributed by atoms with Gasteiger partial charge in [-0.1, -0.05) is 26.0 Å². The normalized spacial score (nSPS) is 12.2. The molecule has 0 aliphatic rings. The molecule has 0 spiro atoms. The highest BCUT2D eigenvalue weighted by atomic mass is 19.4. The van der Waals surface area contributed by atoms with Gasteiger partial charge in [0.25, 0.3) is 0 Å². The summed E-state index contributed by atoms with van der Waals surface area (Å²) in [5, 5.41) is 5.29. The predicted molar refractivity (Wildman–Crippen MR) is 63.1 cm³/mol. The molecule has 0 saturated heterocycles. The Bertz CT molecular complexity index is 585. The van der Waals surface area contributed by atoms with E-state index in [1.165, 1.54) is 12.1 Å². The van der Waals surface area contributed by atoms with Crippen molar-refractivity contribution < 1.29 is 17.6 Å². The van der Waals surface area contributed by atoms with E-state index < -0.39 is 17.7 Å². The molecule has 0 bridgehead atoms. The molecule has 0 unspecified atom stereocenters. The molecule has 1 N–H and O–H groups in total. The van der Waals surface area contributed by atoms with E-state index in [9.17, 15) is 17.6 Å². The number of halogens is 4. The van der Waals surface area contributed by atoms with Crippen molar-refractivity contribution in [3.63, 3.8) is 0 Å². The van der Waals surface area contributed by atoms with Crippen LogP contribution in [0.3, 0.4) is 0 Å². The lowest BCUT2D eigenvalue weighted by molar-refractivity contribution is -0.140. The maximum atomic E-state index is 13.8. The van der Waals surface area contributed by atoms with E-state index in [1.807, 2.05) is 18.9 Å². The second-order valence-electron chi connectivity index (χ2n) is 4.55. The highest BCUT2D eigenvalue weighted by Gasteiger charge is 2.36. The van der Waals surface area contributed by atoms with Crippen molar-refractivity contribution in [3.8, 4) is 11.1 Å². The molecule has 0 radical (unpaired) electrons. The van der Waals surface area contributed by atoms with Gasteiger partial charge in [0.1, 0.15) is 11.5 Å². The summed E-state index contributed by atoms with van der Waals surface area (Å²) in [5.74, 6) is -0.540. The summed E-state index contributed by atoms with van der Waals surface area (Å²) < 4.78 is 51.9. The van der Waals surface area contributed by atoms with Crippen LogP contribution in [0.15, 0.2) is 24.4 Å². The van der Waals surface area contributed by atoms with E-state index >= 15 is 0 Å². The van der Waals surface area contributed by atoms with Gasteiger partial charge in [-0.2, -0.15) is 18.3 Å². The molecule has 0 amide bonds. The molecule has 0 aliphatic carbocycles. The summed E-state index contributed by atoms with van der Waals surface area (Å²) in [7, 11) is 0.